The van der Waals surface area contributed by atoms with E-state index in [9.17, 15) is 9.18 Å². The second-order valence-electron chi connectivity index (χ2n) is 8.79. The molecule has 0 bridgehead atoms. The molecule has 0 radical (unpaired) electrons. The highest BCUT2D eigenvalue weighted by Gasteiger charge is 2.27. The Bertz CT molecular complexity index is 1500. The van der Waals surface area contributed by atoms with E-state index in [4.69, 9.17) is 4.98 Å². The number of hydrogen-bond donors (Lipinski definition) is 1. The Hall–Kier alpha value is -4.06. The molecular formula is C28H23FN4O. The molecule has 0 aliphatic carbocycles. The molecule has 1 aliphatic heterocycles. The van der Waals surface area contributed by atoms with Gasteiger partial charge in [0.15, 0.2) is 0 Å². The summed E-state index contributed by atoms with van der Waals surface area (Å²) in [5, 5.41) is 2.00. The minimum Gasteiger partial charge on any atom is -0.346 e. The number of halogens is 1. The van der Waals surface area contributed by atoms with E-state index in [1.54, 1.807) is 18.3 Å². The SMILES string of the molecule is O=C(c1cc(-c2ccc(F)cc2)nc2ccccc12)N1CCC(c2c[nH]c3ncccc23)CC1. The predicted octanol–water partition coefficient (Wildman–Crippen LogP) is 5.94. The average molecular weight is 451 g/mol. The fourth-order valence-corrected chi connectivity index (χ4v) is 5.00. The molecule has 5 aromatic rings. The van der Waals surface area contributed by atoms with Crippen molar-refractivity contribution in [2.24, 2.45) is 0 Å². The van der Waals surface area contributed by atoms with Gasteiger partial charge in [0.2, 0.25) is 0 Å². The fourth-order valence-electron chi connectivity index (χ4n) is 5.00. The van der Waals surface area contributed by atoms with Gasteiger partial charge in [-0.2, -0.15) is 0 Å². The number of nitrogens with zero attached hydrogens (tertiary/aromatic N) is 3. The Balaban J connectivity index is 1.29. The lowest BCUT2D eigenvalue weighted by Gasteiger charge is -2.32. The average Bonchev–Trinajstić information content (AvgIpc) is 3.32. The summed E-state index contributed by atoms with van der Waals surface area (Å²) < 4.78 is 13.4. The quantitative estimate of drug-likeness (QED) is 0.370. The molecular weight excluding hydrogens is 427 g/mol. The monoisotopic (exact) mass is 450 g/mol. The van der Waals surface area contributed by atoms with Gasteiger partial charge in [-0.25, -0.2) is 14.4 Å². The molecule has 0 unspecified atom stereocenters. The summed E-state index contributed by atoms with van der Waals surface area (Å²) >= 11 is 0. The Morgan fingerprint density at radius 2 is 1.74 bits per heavy atom. The first-order valence-corrected chi connectivity index (χ1v) is 11.5. The van der Waals surface area contributed by atoms with E-state index in [0.29, 0.717) is 30.3 Å². The van der Waals surface area contributed by atoms with Crippen molar-refractivity contribution >= 4 is 27.8 Å². The predicted molar refractivity (Wildman–Crippen MR) is 131 cm³/mol. The first-order chi connectivity index (χ1) is 16.7. The fraction of sp³-hybridized carbons (Fsp3) is 0.179. The number of pyridine rings is 2. The van der Waals surface area contributed by atoms with Crippen LogP contribution in [0.1, 0.15) is 34.7 Å². The van der Waals surface area contributed by atoms with Crippen molar-refractivity contribution in [2.45, 2.75) is 18.8 Å². The van der Waals surface area contributed by atoms with Gasteiger partial charge in [0.1, 0.15) is 11.5 Å². The van der Waals surface area contributed by atoms with Crippen molar-refractivity contribution in [2.75, 3.05) is 13.1 Å². The van der Waals surface area contributed by atoms with Gasteiger partial charge >= 0.3 is 0 Å². The molecule has 2 aromatic carbocycles. The normalized spacial score (nSPS) is 14.7. The van der Waals surface area contributed by atoms with E-state index in [2.05, 4.69) is 22.2 Å². The van der Waals surface area contributed by atoms with Gasteiger partial charge < -0.3 is 9.88 Å². The van der Waals surface area contributed by atoms with E-state index in [1.165, 1.54) is 17.7 Å². The molecule has 0 spiro atoms. The maximum Gasteiger partial charge on any atom is 0.254 e. The van der Waals surface area contributed by atoms with Gasteiger partial charge in [-0.1, -0.05) is 18.2 Å². The van der Waals surface area contributed by atoms with Crippen molar-refractivity contribution in [3.8, 4) is 11.3 Å². The number of piperidine rings is 1. The van der Waals surface area contributed by atoms with Gasteiger partial charge in [-0.05, 0) is 72.9 Å². The number of likely N-dealkylation sites (tertiary alicyclic amines) is 1. The van der Waals surface area contributed by atoms with Crippen LogP contribution >= 0.6 is 0 Å². The zero-order chi connectivity index (χ0) is 23.1. The Morgan fingerprint density at radius 1 is 0.971 bits per heavy atom. The standard InChI is InChI=1S/C28H23FN4O/c29-20-9-7-19(8-10-20)26-16-23(21-4-1-2-6-25(21)32-26)28(34)33-14-11-18(12-15-33)24-17-31-27-22(24)5-3-13-30-27/h1-10,13,16-18H,11-12,14-15H2,(H,30,31). The molecule has 1 saturated heterocycles. The highest BCUT2D eigenvalue weighted by molar-refractivity contribution is 6.07. The van der Waals surface area contributed by atoms with Crippen LogP contribution in [-0.4, -0.2) is 38.8 Å². The van der Waals surface area contributed by atoms with Crippen LogP contribution in [0.4, 0.5) is 4.39 Å². The lowest BCUT2D eigenvalue weighted by atomic mass is 9.89. The molecule has 3 aromatic heterocycles. The number of carbonyl (C=O) groups is 1. The van der Waals surface area contributed by atoms with Crippen LogP contribution in [-0.2, 0) is 0 Å². The minimum absolute atomic E-state index is 0.0148. The minimum atomic E-state index is -0.297. The molecule has 34 heavy (non-hydrogen) atoms. The number of para-hydroxylation sites is 1. The summed E-state index contributed by atoms with van der Waals surface area (Å²) in [4.78, 5) is 28.0. The second kappa shape index (κ2) is 8.37. The molecule has 1 fully saturated rings. The van der Waals surface area contributed by atoms with Crippen LogP contribution in [0.15, 0.2) is 79.1 Å². The van der Waals surface area contributed by atoms with Crippen LogP contribution in [0.2, 0.25) is 0 Å². The van der Waals surface area contributed by atoms with Gasteiger partial charge in [0.25, 0.3) is 5.91 Å². The van der Waals surface area contributed by atoms with Gasteiger partial charge in [0, 0.05) is 41.8 Å². The molecule has 1 aliphatic rings. The van der Waals surface area contributed by atoms with Crippen LogP contribution in [0.5, 0.6) is 0 Å². The molecule has 1 amide bonds. The number of aromatic amines is 1. The second-order valence-corrected chi connectivity index (χ2v) is 8.79. The molecule has 168 valence electrons. The maximum absolute atomic E-state index is 13.7. The summed E-state index contributed by atoms with van der Waals surface area (Å²) in [6.45, 7) is 1.39. The number of fused-ring (bicyclic) bond motifs is 2. The summed E-state index contributed by atoms with van der Waals surface area (Å²) in [6, 6.07) is 19.8. The smallest absolute Gasteiger partial charge is 0.254 e. The van der Waals surface area contributed by atoms with Gasteiger partial charge in [-0.3, -0.25) is 4.79 Å². The molecule has 5 nitrogen and oxygen atoms in total. The highest BCUT2D eigenvalue weighted by Crippen LogP contribution is 2.34. The molecule has 1 N–H and O–H groups in total. The Kier molecular flexibility index (Phi) is 5.06. The molecule has 6 rings (SSSR count). The van der Waals surface area contributed by atoms with Crippen LogP contribution in [0.3, 0.4) is 0 Å². The molecule has 4 heterocycles. The van der Waals surface area contributed by atoms with Gasteiger partial charge in [0.05, 0.1) is 16.8 Å². The number of benzene rings is 2. The van der Waals surface area contributed by atoms with Crippen molar-refractivity contribution in [3.63, 3.8) is 0 Å². The maximum atomic E-state index is 13.7. The van der Waals surface area contributed by atoms with E-state index in [0.717, 1.165) is 40.3 Å². The van der Waals surface area contributed by atoms with Crippen LogP contribution < -0.4 is 0 Å². The number of H-pyrrole nitrogens is 1. The van der Waals surface area contributed by atoms with E-state index < -0.39 is 0 Å². The van der Waals surface area contributed by atoms with Crippen LogP contribution in [0, 0.1) is 5.82 Å². The summed E-state index contributed by atoms with van der Waals surface area (Å²) in [7, 11) is 0. The summed E-state index contributed by atoms with van der Waals surface area (Å²) in [5.41, 5.74) is 5.04. The number of aromatic nitrogens is 3. The number of carbonyl (C=O) groups excluding carboxylic acids is 1. The van der Waals surface area contributed by atoms with Crippen molar-refractivity contribution in [1.82, 2.24) is 19.9 Å². The molecule has 0 atom stereocenters. The third-order valence-electron chi connectivity index (χ3n) is 6.79. The molecule has 0 saturated carbocycles. The zero-order valence-corrected chi connectivity index (χ0v) is 18.5. The number of amides is 1. The lowest BCUT2D eigenvalue weighted by Crippen LogP contribution is -2.38. The first-order valence-electron chi connectivity index (χ1n) is 11.5. The Labute approximate surface area is 196 Å². The van der Waals surface area contributed by atoms with E-state index >= 15 is 0 Å². The third kappa shape index (κ3) is 3.61. The van der Waals surface area contributed by atoms with Crippen LogP contribution in [0.25, 0.3) is 33.2 Å². The first kappa shape index (κ1) is 20.5. The van der Waals surface area contributed by atoms with E-state index in [-0.39, 0.29) is 11.7 Å². The topological polar surface area (TPSA) is 61.9 Å². The number of rotatable bonds is 3. The zero-order valence-electron chi connectivity index (χ0n) is 18.5. The number of nitrogens with one attached hydrogen (secondary N) is 1. The highest BCUT2D eigenvalue weighted by atomic mass is 19.1. The largest absolute Gasteiger partial charge is 0.346 e. The Morgan fingerprint density at radius 3 is 2.56 bits per heavy atom. The van der Waals surface area contributed by atoms with Gasteiger partial charge in [-0.15, -0.1) is 0 Å². The third-order valence-corrected chi connectivity index (χ3v) is 6.79. The van der Waals surface area contributed by atoms with Crippen molar-refractivity contribution in [1.29, 1.82) is 0 Å². The molecule has 6 heteroatoms. The van der Waals surface area contributed by atoms with Crippen molar-refractivity contribution in [3.05, 3.63) is 96.1 Å². The number of hydrogen-bond acceptors (Lipinski definition) is 3. The lowest BCUT2D eigenvalue weighted by molar-refractivity contribution is 0.0715. The van der Waals surface area contributed by atoms with Crippen molar-refractivity contribution < 1.29 is 9.18 Å². The summed E-state index contributed by atoms with van der Waals surface area (Å²) in [5.74, 6) is 0.113. The summed E-state index contributed by atoms with van der Waals surface area (Å²) in [6.07, 6.45) is 5.66. The van der Waals surface area contributed by atoms with E-state index in [1.807, 2.05) is 41.3 Å².